The first-order valence-electron chi connectivity index (χ1n) is 7.53. The van der Waals surface area contributed by atoms with Crippen LogP contribution in [0.15, 0.2) is 18.2 Å². The van der Waals surface area contributed by atoms with Crippen molar-refractivity contribution in [3.05, 3.63) is 35.4 Å². The summed E-state index contributed by atoms with van der Waals surface area (Å²) in [6.45, 7) is 4.25. The van der Waals surface area contributed by atoms with E-state index >= 15 is 0 Å². The third kappa shape index (κ3) is 4.46. The van der Waals surface area contributed by atoms with E-state index < -0.39 is 5.82 Å². The molecule has 1 heterocycles. The normalized spacial score (nSPS) is 18.9. The lowest BCUT2D eigenvalue weighted by molar-refractivity contribution is -0.00539. The van der Waals surface area contributed by atoms with Crippen LogP contribution in [0, 0.1) is 11.6 Å². The lowest BCUT2D eigenvalue weighted by Gasteiger charge is -2.36. The molecule has 1 fully saturated rings. The van der Waals surface area contributed by atoms with E-state index in [4.69, 9.17) is 9.84 Å². The summed E-state index contributed by atoms with van der Waals surface area (Å²) in [5.74, 6) is -0.759. The number of halogens is 2. The number of hydrogen-bond donors (Lipinski definition) is 1. The maximum Gasteiger partial charge on any atom is 0.128 e. The summed E-state index contributed by atoms with van der Waals surface area (Å²) in [5.41, 5.74) is 0.412. The van der Waals surface area contributed by atoms with Crippen LogP contribution in [-0.4, -0.2) is 42.4 Å². The van der Waals surface area contributed by atoms with E-state index in [9.17, 15) is 8.78 Å². The highest BCUT2D eigenvalue weighted by Crippen LogP contribution is 2.27. The summed E-state index contributed by atoms with van der Waals surface area (Å²) in [6.07, 6.45) is 2.63. The molecule has 5 heteroatoms. The molecule has 1 saturated heterocycles. The van der Waals surface area contributed by atoms with Crippen LogP contribution in [0.4, 0.5) is 8.78 Å². The Balaban J connectivity index is 1.88. The Bertz CT molecular complexity index is 448. The first-order valence-corrected chi connectivity index (χ1v) is 7.53. The van der Waals surface area contributed by atoms with Crippen molar-refractivity contribution in [2.75, 3.05) is 26.3 Å². The summed E-state index contributed by atoms with van der Waals surface area (Å²) in [5, 5.41) is 8.73. The molecule has 1 aromatic rings. The van der Waals surface area contributed by atoms with Crippen LogP contribution in [0.3, 0.4) is 0 Å². The maximum absolute atomic E-state index is 13.8. The Morgan fingerprint density at radius 2 is 2.05 bits per heavy atom. The van der Waals surface area contributed by atoms with Gasteiger partial charge in [-0.3, -0.25) is 4.90 Å². The molecule has 21 heavy (non-hydrogen) atoms. The molecule has 118 valence electrons. The van der Waals surface area contributed by atoms with Gasteiger partial charge in [0.2, 0.25) is 0 Å². The minimum absolute atomic E-state index is 0.140. The predicted molar refractivity (Wildman–Crippen MR) is 77.0 cm³/mol. The third-order valence-electron chi connectivity index (χ3n) is 4.09. The minimum atomic E-state index is -0.402. The van der Waals surface area contributed by atoms with Crippen molar-refractivity contribution in [3.8, 4) is 0 Å². The Labute approximate surface area is 124 Å². The molecule has 2 rings (SSSR count). The number of hydrogen-bond acceptors (Lipinski definition) is 3. The van der Waals surface area contributed by atoms with E-state index in [2.05, 4.69) is 4.90 Å². The fourth-order valence-electron chi connectivity index (χ4n) is 2.78. The molecule has 0 amide bonds. The number of aliphatic hydroxyl groups excluding tert-OH is 1. The van der Waals surface area contributed by atoms with Crippen LogP contribution in [0.25, 0.3) is 0 Å². The number of likely N-dealkylation sites (tertiary alicyclic amines) is 1. The zero-order valence-electron chi connectivity index (χ0n) is 12.4. The fraction of sp³-hybridized carbons (Fsp3) is 0.625. The standard InChI is InChI=1S/C16H23F2NO2/c1-12(15-11-13(17)3-4-16(15)18)19-7-5-14(6-8-19)21-10-2-9-20/h3-4,11-12,14,20H,2,5-10H2,1H3. The highest BCUT2D eigenvalue weighted by atomic mass is 19.1. The second-order valence-corrected chi connectivity index (χ2v) is 5.53. The van der Waals surface area contributed by atoms with E-state index in [-0.39, 0.29) is 24.6 Å². The first-order chi connectivity index (χ1) is 10.1. The van der Waals surface area contributed by atoms with Gasteiger partial charge in [0.1, 0.15) is 11.6 Å². The van der Waals surface area contributed by atoms with Gasteiger partial charge in [-0.1, -0.05) is 0 Å². The largest absolute Gasteiger partial charge is 0.396 e. The second-order valence-electron chi connectivity index (χ2n) is 5.53. The topological polar surface area (TPSA) is 32.7 Å². The molecule has 0 bridgehead atoms. The van der Waals surface area contributed by atoms with Gasteiger partial charge in [-0.15, -0.1) is 0 Å². The Hall–Kier alpha value is -1.04. The van der Waals surface area contributed by atoms with Gasteiger partial charge in [0.05, 0.1) is 6.10 Å². The molecular weight excluding hydrogens is 276 g/mol. The molecule has 3 nitrogen and oxygen atoms in total. The van der Waals surface area contributed by atoms with Gasteiger partial charge < -0.3 is 9.84 Å². The van der Waals surface area contributed by atoms with Crippen molar-refractivity contribution >= 4 is 0 Å². The van der Waals surface area contributed by atoms with Gasteiger partial charge in [-0.05, 0) is 44.4 Å². The SMILES string of the molecule is CC(c1cc(F)ccc1F)N1CCC(OCCCO)CC1. The number of ether oxygens (including phenoxy) is 1. The van der Waals surface area contributed by atoms with Crippen LogP contribution in [-0.2, 0) is 4.74 Å². The number of benzene rings is 1. The second kappa shape index (κ2) is 7.82. The lowest BCUT2D eigenvalue weighted by Crippen LogP contribution is -2.39. The number of piperidine rings is 1. The van der Waals surface area contributed by atoms with Crippen LogP contribution >= 0.6 is 0 Å². The van der Waals surface area contributed by atoms with Crippen LogP contribution < -0.4 is 0 Å². The quantitative estimate of drug-likeness (QED) is 0.820. The molecule has 1 N–H and O–H groups in total. The molecule has 0 radical (unpaired) electrons. The molecular formula is C16H23F2NO2. The molecule has 1 aliphatic rings. The fourth-order valence-corrected chi connectivity index (χ4v) is 2.78. The van der Waals surface area contributed by atoms with Crippen molar-refractivity contribution in [2.45, 2.75) is 38.3 Å². The predicted octanol–water partition coefficient (Wildman–Crippen LogP) is 2.89. The summed E-state index contributed by atoms with van der Waals surface area (Å²) in [7, 11) is 0. The molecule has 0 saturated carbocycles. The van der Waals surface area contributed by atoms with Crippen LogP contribution in [0.2, 0.25) is 0 Å². The average Bonchev–Trinajstić information content (AvgIpc) is 2.50. The Morgan fingerprint density at radius 3 is 2.71 bits per heavy atom. The van der Waals surface area contributed by atoms with E-state index in [0.717, 1.165) is 32.0 Å². The smallest absolute Gasteiger partial charge is 0.128 e. The van der Waals surface area contributed by atoms with Gasteiger partial charge >= 0.3 is 0 Å². The Morgan fingerprint density at radius 1 is 1.33 bits per heavy atom. The van der Waals surface area contributed by atoms with Gasteiger partial charge in [0.25, 0.3) is 0 Å². The lowest BCUT2D eigenvalue weighted by atomic mass is 10.0. The molecule has 1 atom stereocenters. The molecule has 1 aliphatic heterocycles. The summed E-state index contributed by atoms with van der Waals surface area (Å²) in [6, 6.07) is 3.47. The maximum atomic E-state index is 13.8. The molecule has 0 spiro atoms. The summed E-state index contributed by atoms with van der Waals surface area (Å²) < 4.78 is 32.8. The van der Waals surface area contributed by atoms with Crippen molar-refractivity contribution in [1.82, 2.24) is 4.90 Å². The van der Waals surface area contributed by atoms with Crippen molar-refractivity contribution in [3.63, 3.8) is 0 Å². The Kier molecular flexibility index (Phi) is 6.08. The van der Waals surface area contributed by atoms with Gasteiger partial charge in [0, 0.05) is 37.9 Å². The number of aliphatic hydroxyl groups is 1. The number of rotatable bonds is 6. The highest BCUT2D eigenvalue weighted by Gasteiger charge is 2.25. The molecule has 1 unspecified atom stereocenters. The van der Waals surface area contributed by atoms with Gasteiger partial charge in [-0.25, -0.2) is 8.78 Å². The first kappa shape index (κ1) is 16.3. The van der Waals surface area contributed by atoms with E-state index in [0.29, 0.717) is 18.6 Å². The van der Waals surface area contributed by atoms with Gasteiger partial charge in [-0.2, -0.15) is 0 Å². The number of nitrogens with zero attached hydrogens (tertiary/aromatic N) is 1. The summed E-state index contributed by atoms with van der Waals surface area (Å²) >= 11 is 0. The minimum Gasteiger partial charge on any atom is -0.396 e. The van der Waals surface area contributed by atoms with E-state index in [1.165, 1.54) is 12.1 Å². The molecule has 0 aliphatic carbocycles. The van der Waals surface area contributed by atoms with Crippen LogP contribution in [0.5, 0.6) is 0 Å². The zero-order chi connectivity index (χ0) is 15.2. The van der Waals surface area contributed by atoms with E-state index in [1.807, 2.05) is 6.92 Å². The zero-order valence-corrected chi connectivity index (χ0v) is 12.4. The van der Waals surface area contributed by atoms with Gasteiger partial charge in [0.15, 0.2) is 0 Å². The van der Waals surface area contributed by atoms with Crippen molar-refractivity contribution in [1.29, 1.82) is 0 Å². The van der Waals surface area contributed by atoms with Crippen molar-refractivity contribution < 1.29 is 18.6 Å². The molecule has 0 aromatic heterocycles. The summed E-state index contributed by atoms with van der Waals surface area (Å²) in [4.78, 5) is 2.16. The molecule has 1 aromatic carbocycles. The third-order valence-corrected chi connectivity index (χ3v) is 4.09. The van der Waals surface area contributed by atoms with Crippen molar-refractivity contribution in [2.24, 2.45) is 0 Å². The monoisotopic (exact) mass is 299 g/mol. The highest BCUT2D eigenvalue weighted by molar-refractivity contribution is 5.22. The average molecular weight is 299 g/mol. The van der Waals surface area contributed by atoms with E-state index in [1.54, 1.807) is 0 Å². The van der Waals surface area contributed by atoms with Crippen LogP contribution in [0.1, 0.15) is 37.8 Å².